The third-order valence-electron chi connectivity index (χ3n) is 3.24. The lowest BCUT2D eigenvalue weighted by atomic mass is 10.2. The molecule has 0 bridgehead atoms. The zero-order valence-electron chi connectivity index (χ0n) is 13.1. The number of hydrogen-bond acceptors (Lipinski definition) is 5. The molecule has 1 atom stereocenters. The molecule has 0 saturated heterocycles. The van der Waals surface area contributed by atoms with Crippen LogP contribution in [0.4, 0.5) is 5.69 Å². The summed E-state index contributed by atoms with van der Waals surface area (Å²) in [5.41, 5.74) is 1.40. The van der Waals surface area contributed by atoms with Crippen molar-refractivity contribution in [3.05, 3.63) is 58.6 Å². The van der Waals surface area contributed by atoms with E-state index in [1.54, 1.807) is 55.5 Å². The molecule has 1 aromatic heterocycles. The molecular formula is C17H13Cl2N3O2S. The first kappa shape index (κ1) is 17.8. The molecule has 25 heavy (non-hydrogen) atoms. The van der Waals surface area contributed by atoms with Gasteiger partial charge in [0.2, 0.25) is 11.8 Å². The van der Waals surface area contributed by atoms with E-state index in [1.165, 1.54) is 11.8 Å². The van der Waals surface area contributed by atoms with Crippen LogP contribution in [0, 0.1) is 0 Å². The zero-order chi connectivity index (χ0) is 17.8. The van der Waals surface area contributed by atoms with Crippen LogP contribution in [-0.2, 0) is 4.79 Å². The van der Waals surface area contributed by atoms with Gasteiger partial charge in [-0.25, -0.2) is 0 Å². The number of nitrogens with one attached hydrogen (secondary N) is 1. The summed E-state index contributed by atoms with van der Waals surface area (Å²) in [6.07, 6.45) is 0. The van der Waals surface area contributed by atoms with Gasteiger partial charge < -0.3 is 9.73 Å². The lowest BCUT2D eigenvalue weighted by Crippen LogP contribution is -2.22. The Morgan fingerprint density at radius 2 is 1.88 bits per heavy atom. The van der Waals surface area contributed by atoms with Crippen LogP contribution in [0.2, 0.25) is 10.0 Å². The summed E-state index contributed by atoms with van der Waals surface area (Å²) in [6, 6.07) is 14.0. The van der Waals surface area contributed by atoms with Gasteiger partial charge in [-0.15, -0.1) is 10.2 Å². The van der Waals surface area contributed by atoms with E-state index < -0.39 is 5.25 Å². The van der Waals surface area contributed by atoms with Crippen molar-refractivity contribution in [2.75, 3.05) is 5.32 Å². The Hall–Kier alpha value is -2.02. The number of benzene rings is 2. The molecule has 0 spiro atoms. The van der Waals surface area contributed by atoms with Gasteiger partial charge in [0.1, 0.15) is 0 Å². The Morgan fingerprint density at radius 1 is 1.12 bits per heavy atom. The minimum absolute atomic E-state index is 0.182. The Kier molecular flexibility index (Phi) is 5.63. The first-order chi connectivity index (χ1) is 12.0. The molecule has 3 rings (SSSR count). The van der Waals surface area contributed by atoms with Crippen molar-refractivity contribution in [3.63, 3.8) is 0 Å². The lowest BCUT2D eigenvalue weighted by Gasteiger charge is -2.09. The van der Waals surface area contributed by atoms with E-state index in [1.807, 2.05) is 0 Å². The standard InChI is InChI=1S/C17H13Cl2N3O2S/c1-10(15(23)20-14-4-2-3-13(19)9-14)25-17-22-21-16(24-17)11-5-7-12(18)8-6-11/h2-10H,1H3,(H,20,23)/t10-/m1/s1. The summed E-state index contributed by atoms with van der Waals surface area (Å²) in [6.45, 7) is 1.76. The van der Waals surface area contributed by atoms with Crippen LogP contribution in [0.25, 0.3) is 11.5 Å². The van der Waals surface area contributed by atoms with E-state index in [0.717, 1.165) is 5.56 Å². The number of hydrogen-bond donors (Lipinski definition) is 1. The minimum atomic E-state index is -0.419. The highest BCUT2D eigenvalue weighted by Gasteiger charge is 2.19. The molecule has 8 heteroatoms. The highest BCUT2D eigenvalue weighted by atomic mass is 35.5. The summed E-state index contributed by atoms with van der Waals surface area (Å²) in [4.78, 5) is 12.3. The van der Waals surface area contributed by atoms with E-state index in [4.69, 9.17) is 27.6 Å². The first-order valence-corrected chi connectivity index (χ1v) is 8.97. The molecule has 128 valence electrons. The molecule has 0 aliphatic rings. The molecule has 0 fully saturated rings. The number of amides is 1. The average molecular weight is 394 g/mol. The molecule has 0 aliphatic carbocycles. The van der Waals surface area contributed by atoms with Crippen LogP contribution in [0.15, 0.2) is 58.2 Å². The summed E-state index contributed by atoms with van der Waals surface area (Å²) < 4.78 is 5.60. The first-order valence-electron chi connectivity index (χ1n) is 7.34. The summed E-state index contributed by atoms with van der Waals surface area (Å²) in [5.74, 6) is 0.195. The van der Waals surface area contributed by atoms with Crippen molar-refractivity contribution >= 4 is 46.6 Å². The number of carbonyl (C=O) groups is 1. The van der Waals surface area contributed by atoms with E-state index in [0.29, 0.717) is 26.8 Å². The van der Waals surface area contributed by atoms with E-state index >= 15 is 0 Å². The minimum Gasteiger partial charge on any atom is -0.411 e. The van der Waals surface area contributed by atoms with Gasteiger partial charge in [-0.05, 0) is 49.4 Å². The Labute approximate surface area is 158 Å². The van der Waals surface area contributed by atoms with Crippen molar-refractivity contribution in [2.24, 2.45) is 0 Å². The van der Waals surface area contributed by atoms with Gasteiger partial charge in [-0.3, -0.25) is 4.79 Å². The highest BCUT2D eigenvalue weighted by Crippen LogP contribution is 2.27. The Bertz CT molecular complexity index is 884. The summed E-state index contributed by atoms with van der Waals surface area (Å²) in [5, 5.41) is 11.8. The Morgan fingerprint density at radius 3 is 2.60 bits per heavy atom. The fourth-order valence-electron chi connectivity index (χ4n) is 1.98. The molecule has 1 heterocycles. The van der Waals surface area contributed by atoms with Gasteiger partial charge in [0.05, 0.1) is 5.25 Å². The van der Waals surface area contributed by atoms with E-state index in [2.05, 4.69) is 15.5 Å². The van der Waals surface area contributed by atoms with Gasteiger partial charge in [0.25, 0.3) is 5.22 Å². The van der Waals surface area contributed by atoms with E-state index in [9.17, 15) is 4.79 Å². The third-order valence-corrected chi connectivity index (χ3v) is 4.66. The predicted molar refractivity (Wildman–Crippen MR) is 100 cm³/mol. The fraction of sp³-hybridized carbons (Fsp3) is 0.118. The van der Waals surface area contributed by atoms with Crippen molar-refractivity contribution in [1.29, 1.82) is 0 Å². The van der Waals surface area contributed by atoms with Crippen LogP contribution in [0.5, 0.6) is 0 Å². The Balaban J connectivity index is 1.63. The normalized spacial score (nSPS) is 12.0. The largest absolute Gasteiger partial charge is 0.411 e. The van der Waals surface area contributed by atoms with Gasteiger partial charge in [0.15, 0.2) is 0 Å². The molecule has 0 radical (unpaired) electrons. The van der Waals surface area contributed by atoms with Crippen molar-refractivity contribution in [2.45, 2.75) is 17.4 Å². The van der Waals surface area contributed by atoms with Crippen molar-refractivity contribution < 1.29 is 9.21 Å². The number of halogens is 2. The van der Waals surface area contributed by atoms with Gasteiger partial charge in [-0.1, -0.05) is 41.0 Å². The molecule has 1 amide bonds. The van der Waals surface area contributed by atoms with Crippen LogP contribution in [0.1, 0.15) is 6.92 Å². The number of rotatable bonds is 5. The average Bonchev–Trinajstić information content (AvgIpc) is 3.04. The maximum Gasteiger partial charge on any atom is 0.277 e. The number of thioether (sulfide) groups is 1. The van der Waals surface area contributed by atoms with Gasteiger partial charge in [-0.2, -0.15) is 0 Å². The topological polar surface area (TPSA) is 68.0 Å². The second-order valence-electron chi connectivity index (χ2n) is 5.14. The van der Waals surface area contributed by atoms with Crippen LogP contribution in [-0.4, -0.2) is 21.4 Å². The zero-order valence-corrected chi connectivity index (χ0v) is 15.4. The molecule has 1 N–H and O–H groups in total. The second kappa shape index (κ2) is 7.91. The number of anilines is 1. The third kappa shape index (κ3) is 4.75. The van der Waals surface area contributed by atoms with Crippen LogP contribution < -0.4 is 5.32 Å². The van der Waals surface area contributed by atoms with Crippen molar-refractivity contribution in [3.8, 4) is 11.5 Å². The lowest BCUT2D eigenvalue weighted by molar-refractivity contribution is -0.115. The van der Waals surface area contributed by atoms with Crippen molar-refractivity contribution in [1.82, 2.24) is 10.2 Å². The van der Waals surface area contributed by atoms with Gasteiger partial charge in [0, 0.05) is 21.3 Å². The number of aromatic nitrogens is 2. The fourth-order valence-corrected chi connectivity index (χ4v) is 2.98. The summed E-state index contributed by atoms with van der Waals surface area (Å²) >= 11 is 13.0. The van der Waals surface area contributed by atoms with Gasteiger partial charge >= 0.3 is 0 Å². The molecule has 5 nitrogen and oxygen atoms in total. The smallest absolute Gasteiger partial charge is 0.277 e. The second-order valence-corrected chi connectivity index (χ2v) is 7.30. The molecule has 2 aromatic carbocycles. The summed E-state index contributed by atoms with van der Waals surface area (Å²) in [7, 11) is 0. The molecule has 0 aliphatic heterocycles. The number of nitrogens with zero attached hydrogens (tertiary/aromatic N) is 2. The van der Waals surface area contributed by atoms with Crippen LogP contribution in [0.3, 0.4) is 0 Å². The quantitative estimate of drug-likeness (QED) is 0.606. The molecular weight excluding hydrogens is 381 g/mol. The molecule has 0 saturated carbocycles. The van der Waals surface area contributed by atoms with Crippen LogP contribution >= 0.6 is 35.0 Å². The maximum atomic E-state index is 12.3. The SMILES string of the molecule is C[C@@H](Sc1nnc(-c2ccc(Cl)cc2)o1)C(=O)Nc1cccc(Cl)c1. The molecule has 3 aromatic rings. The maximum absolute atomic E-state index is 12.3. The highest BCUT2D eigenvalue weighted by molar-refractivity contribution is 8.00. The van der Waals surface area contributed by atoms with E-state index in [-0.39, 0.29) is 5.91 Å². The predicted octanol–water partition coefficient (Wildman–Crippen LogP) is 5.16. The number of carbonyl (C=O) groups excluding carboxylic acids is 1. The molecule has 0 unspecified atom stereocenters. The monoisotopic (exact) mass is 393 g/mol.